The molecule has 33 heavy (non-hydrogen) atoms. The number of amides is 1. The van der Waals surface area contributed by atoms with Crippen LogP contribution in [0, 0.1) is 0 Å². The number of thiazole rings is 1. The van der Waals surface area contributed by atoms with Crippen LogP contribution in [0.25, 0.3) is 17.3 Å². The topological polar surface area (TPSA) is 99.0 Å². The van der Waals surface area contributed by atoms with Crippen LogP contribution in [-0.4, -0.2) is 38.5 Å². The van der Waals surface area contributed by atoms with Gasteiger partial charge in [-0.15, -0.1) is 5.10 Å². The first-order chi connectivity index (χ1) is 16.1. The Morgan fingerprint density at radius 1 is 1.09 bits per heavy atom. The maximum Gasteiger partial charge on any atom is 0.350 e. The molecule has 166 valence electrons. The lowest BCUT2D eigenvalue weighted by Crippen LogP contribution is -2.07. The number of anilines is 1. The molecule has 0 radical (unpaired) electrons. The van der Waals surface area contributed by atoms with E-state index in [2.05, 4.69) is 20.6 Å². The smallest absolute Gasteiger partial charge is 0.350 e. The lowest BCUT2D eigenvalue weighted by atomic mass is 10.1. The Kier molecular flexibility index (Phi) is 7.01. The molecule has 0 unspecified atom stereocenters. The summed E-state index contributed by atoms with van der Waals surface area (Å²) >= 11 is 1.07. The number of carbonyl (C=O) groups excluding carboxylic acids is 2. The van der Waals surface area contributed by atoms with Crippen molar-refractivity contribution in [1.29, 1.82) is 0 Å². The fourth-order valence-electron chi connectivity index (χ4n) is 3.05. The lowest BCUT2D eigenvalue weighted by Gasteiger charge is -2.01. The second-order valence-electron chi connectivity index (χ2n) is 6.93. The highest BCUT2D eigenvalue weighted by molar-refractivity contribution is 7.18. The van der Waals surface area contributed by atoms with Crippen LogP contribution in [0.3, 0.4) is 0 Å². The molecule has 1 N–H and O–H groups in total. The van der Waals surface area contributed by atoms with E-state index >= 15 is 0 Å². The van der Waals surface area contributed by atoms with Crippen LogP contribution < -0.4 is 5.32 Å². The first kappa shape index (κ1) is 22.1. The number of nitrogens with one attached hydrogen (secondary N) is 1. The van der Waals surface area contributed by atoms with Crippen LogP contribution in [0.5, 0.6) is 0 Å². The molecule has 0 spiro atoms. The number of aromatic nitrogens is 4. The van der Waals surface area contributed by atoms with Gasteiger partial charge in [-0.05, 0) is 18.6 Å². The Morgan fingerprint density at radius 2 is 1.82 bits per heavy atom. The average Bonchev–Trinajstić information content (AvgIpc) is 3.46. The summed E-state index contributed by atoms with van der Waals surface area (Å²) in [6.45, 7) is 2.58. The van der Waals surface area contributed by atoms with E-state index < -0.39 is 11.9 Å². The zero-order chi connectivity index (χ0) is 23.0. The largest absolute Gasteiger partial charge is 0.462 e. The van der Waals surface area contributed by atoms with E-state index in [1.807, 2.05) is 60.7 Å². The van der Waals surface area contributed by atoms with Gasteiger partial charge in [0.15, 0.2) is 5.13 Å². The number of esters is 1. The summed E-state index contributed by atoms with van der Waals surface area (Å²) in [4.78, 5) is 29.6. The fourth-order valence-corrected chi connectivity index (χ4v) is 3.93. The van der Waals surface area contributed by atoms with Gasteiger partial charge in [-0.3, -0.25) is 10.1 Å². The minimum Gasteiger partial charge on any atom is -0.462 e. The molecule has 4 rings (SSSR count). The molecule has 0 aliphatic heterocycles. The second kappa shape index (κ2) is 10.5. The van der Waals surface area contributed by atoms with Gasteiger partial charge in [-0.25, -0.2) is 14.5 Å². The maximum atomic E-state index is 12.4. The molecule has 0 atom stereocenters. The molecule has 8 nitrogen and oxygen atoms in total. The number of benzene rings is 2. The van der Waals surface area contributed by atoms with Gasteiger partial charge in [0.2, 0.25) is 5.91 Å². The van der Waals surface area contributed by atoms with Crippen molar-refractivity contribution in [1.82, 2.24) is 20.0 Å². The summed E-state index contributed by atoms with van der Waals surface area (Å²) in [6, 6.07) is 19.2. The van der Waals surface area contributed by atoms with Crippen molar-refractivity contribution in [2.24, 2.45) is 0 Å². The van der Waals surface area contributed by atoms with Crippen molar-refractivity contribution >= 4 is 34.4 Å². The Morgan fingerprint density at radius 3 is 2.55 bits per heavy atom. The molecule has 0 saturated carbocycles. The third-order valence-electron chi connectivity index (χ3n) is 4.51. The highest BCUT2D eigenvalue weighted by atomic mass is 32.1. The molecule has 0 fully saturated rings. The molecule has 0 bridgehead atoms. The molecule has 9 heteroatoms. The van der Waals surface area contributed by atoms with E-state index in [0.717, 1.165) is 22.5 Å². The molecule has 1 amide bonds. The highest BCUT2D eigenvalue weighted by Crippen LogP contribution is 2.31. The molecule has 0 aliphatic rings. The summed E-state index contributed by atoms with van der Waals surface area (Å²) < 4.78 is 6.85. The fraction of sp³-hybridized carbons (Fsp3) is 0.125. The number of nitrogens with zero attached hydrogens (tertiary/aromatic N) is 4. The van der Waals surface area contributed by atoms with Gasteiger partial charge in [0, 0.05) is 11.6 Å². The Labute approximate surface area is 194 Å². The maximum absolute atomic E-state index is 12.4. The van der Waals surface area contributed by atoms with Crippen LogP contribution in [0.1, 0.15) is 27.9 Å². The van der Waals surface area contributed by atoms with E-state index in [1.54, 1.807) is 23.9 Å². The summed E-state index contributed by atoms with van der Waals surface area (Å²) in [5.41, 5.74) is 2.90. The summed E-state index contributed by atoms with van der Waals surface area (Å²) in [6.07, 6.45) is 4.68. The minimum atomic E-state index is -0.472. The minimum absolute atomic E-state index is 0.250. The van der Waals surface area contributed by atoms with E-state index in [4.69, 9.17) is 4.74 Å². The predicted octanol–water partition coefficient (Wildman–Crippen LogP) is 4.28. The summed E-state index contributed by atoms with van der Waals surface area (Å²) in [7, 11) is 0. The van der Waals surface area contributed by atoms with Gasteiger partial charge >= 0.3 is 5.97 Å². The molecule has 0 aliphatic carbocycles. The molecule has 2 aromatic carbocycles. The van der Waals surface area contributed by atoms with Crippen molar-refractivity contribution in [3.8, 4) is 11.3 Å². The Bertz CT molecular complexity index is 1270. The number of hydrogen-bond acceptors (Lipinski definition) is 7. The first-order valence-corrected chi connectivity index (χ1v) is 11.1. The number of hydrogen-bond donors (Lipinski definition) is 1. The Balaban J connectivity index is 1.45. The average molecular weight is 460 g/mol. The SMILES string of the molecule is CCOC(=O)c1sc(NC(=O)/C=C/c2cn(Cc3ccccc3)nn2)nc1-c1ccccc1. The normalized spacial score (nSPS) is 10.9. The number of rotatable bonds is 8. The van der Waals surface area contributed by atoms with Gasteiger partial charge in [0.05, 0.1) is 25.0 Å². The number of carbonyl (C=O) groups is 2. The van der Waals surface area contributed by atoms with Crippen molar-refractivity contribution in [3.63, 3.8) is 0 Å². The van der Waals surface area contributed by atoms with E-state index in [0.29, 0.717) is 27.9 Å². The van der Waals surface area contributed by atoms with Crippen LogP contribution in [0.15, 0.2) is 72.9 Å². The van der Waals surface area contributed by atoms with Crippen molar-refractivity contribution < 1.29 is 14.3 Å². The first-order valence-electron chi connectivity index (χ1n) is 10.3. The van der Waals surface area contributed by atoms with Gasteiger partial charge < -0.3 is 4.74 Å². The third kappa shape index (κ3) is 5.78. The molecular weight excluding hydrogens is 438 g/mol. The summed E-state index contributed by atoms with van der Waals surface area (Å²) in [5, 5.41) is 11.2. The van der Waals surface area contributed by atoms with E-state index in [1.165, 1.54) is 6.08 Å². The van der Waals surface area contributed by atoms with Crippen molar-refractivity contribution in [3.05, 3.63) is 89.1 Å². The van der Waals surface area contributed by atoms with Gasteiger partial charge in [-0.1, -0.05) is 77.2 Å². The predicted molar refractivity (Wildman–Crippen MR) is 127 cm³/mol. The van der Waals surface area contributed by atoms with Crippen LogP contribution in [0.2, 0.25) is 0 Å². The molecule has 0 saturated heterocycles. The van der Waals surface area contributed by atoms with E-state index in [-0.39, 0.29) is 6.61 Å². The zero-order valence-electron chi connectivity index (χ0n) is 17.8. The molecular formula is C24H21N5O3S. The van der Waals surface area contributed by atoms with E-state index in [9.17, 15) is 9.59 Å². The lowest BCUT2D eigenvalue weighted by molar-refractivity contribution is -0.111. The molecule has 4 aromatic rings. The van der Waals surface area contributed by atoms with Gasteiger partial charge in [0.1, 0.15) is 10.6 Å². The van der Waals surface area contributed by atoms with Crippen LogP contribution in [-0.2, 0) is 16.1 Å². The second-order valence-corrected chi connectivity index (χ2v) is 7.93. The number of ether oxygens (including phenoxy) is 1. The highest BCUT2D eigenvalue weighted by Gasteiger charge is 2.21. The molecule has 2 aromatic heterocycles. The summed E-state index contributed by atoms with van der Waals surface area (Å²) in [5.74, 6) is -0.865. The monoisotopic (exact) mass is 459 g/mol. The van der Waals surface area contributed by atoms with Crippen LogP contribution in [0.4, 0.5) is 5.13 Å². The van der Waals surface area contributed by atoms with Crippen molar-refractivity contribution in [2.45, 2.75) is 13.5 Å². The molecule has 2 heterocycles. The van der Waals surface area contributed by atoms with Crippen LogP contribution >= 0.6 is 11.3 Å². The van der Waals surface area contributed by atoms with Crippen molar-refractivity contribution in [2.75, 3.05) is 11.9 Å². The Hall–Kier alpha value is -4.11. The third-order valence-corrected chi connectivity index (χ3v) is 5.47. The standard InChI is InChI=1S/C24H21N5O3S/c1-2-32-23(31)22-21(18-11-7-4-8-12-18)26-24(33-22)25-20(30)14-13-19-16-29(28-27-19)15-17-9-5-3-6-10-17/h3-14,16H,2,15H2,1H3,(H,25,26,30)/b14-13+. The van der Waals surface area contributed by atoms with Gasteiger partial charge in [0.25, 0.3) is 0 Å². The zero-order valence-corrected chi connectivity index (χ0v) is 18.7. The quantitative estimate of drug-likeness (QED) is 0.312. The van der Waals surface area contributed by atoms with Gasteiger partial charge in [-0.2, -0.15) is 0 Å².